The second-order valence-corrected chi connectivity index (χ2v) is 6.51. The van der Waals surface area contributed by atoms with Gasteiger partial charge in [-0.1, -0.05) is 18.2 Å². The van der Waals surface area contributed by atoms with E-state index in [9.17, 15) is 22.8 Å². The van der Waals surface area contributed by atoms with Crippen molar-refractivity contribution >= 4 is 17.6 Å². The van der Waals surface area contributed by atoms with Crippen molar-refractivity contribution in [3.05, 3.63) is 66.0 Å². The third kappa shape index (κ3) is 6.20. The number of nitrogen functional groups attached to an aromatic ring is 1. The monoisotopic (exact) mass is 448 g/mol. The summed E-state index contributed by atoms with van der Waals surface area (Å²) in [6.45, 7) is -1.26. The lowest BCUT2D eigenvalue weighted by atomic mass is 10.2. The highest BCUT2D eigenvalue weighted by atomic mass is 19.4. The molecule has 0 radical (unpaired) electrons. The van der Waals surface area contributed by atoms with Gasteiger partial charge in [-0.2, -0.15) is 13.2 Å². The summed E-state index contributed by atoms with van der Waals surface area (Å²) in [7, 11) is 0. The van der Waals surface area contributed by atoms with Crippen LogP contribution in [-0.4, -0.2) is 52.5 Å². The number of ether oxygens (including phenoxy) is 1. The number of carbonyl (C=O) groups excluding carboxylic acids is 2. The van der Waals surface area contributed by atoms with Crippen molar-refractivity contribution in [3.63, 3.8) is 0 Å². The molecule has 1 aromatic carbocycles. The molecule has 0 aliphatic carbocycles. The number of anilines is 1. The summed E-state index contributed by atoms with van der Waals surface area (Å²) < 4.78 is 42.4. The Morgan fingerprint density at radius 1 is 1.03 bits per heavy atom. The van der Waals surface area contributed by atoms with E-state index >= 15 is 0 Å². The van der Waals surface area contributed by atoms with Crippen LogP contribution >= 0.6 is 0 Å². The third-order valence-corrected chi connectivity index (χ3v) is 4.09. The first-order valence-corrected chi connectivity index (χ1v) is 9.35. The number of benzene rings is 1. The zero-order valence-electron chi connectivity index (χ0n) is 16.6. The van der Waals surface area contributed by atoms with Gasteiger partial charge >= 0.3 is 6.18 Å². The van der Waals surface area contributed by atoms with E-state index < -0.39 is 24.6 Å². The van der Waals surface area contributed by atoms with Gasteiger partial charge in [-0.25, -0.2) is 9.67 Å². The van der Waals surface area contributed by atoms with Crippen LogP contribution in [0, 0.1) is 0 Å². The number of nitrogens with two attached hydrogens (primary N) is 1. The van der Waals surface area contributed by atoms with Gasteiger partial charge in [0, 0.05) is 31.5 Å². The van der Waals surface area contributed by atoms with Crippen LogP contribution in [0.1, 0.15) is 20.7 Å². The van der Waals surface area contributed by atoms with Crippen LogP contribution < -0.4 is 21.1 Å². The first kappa shape index (κ1) is 22.6. The number of carbonyl (C=O) groups is 2. The molecule has 0 saturated carbocycles. The van der Waals surface area contributed by atoms with Crippen molar-refractivity contribution in [2.45, 2.75) is 6.18 Å². The number of pyridine rings is 1. The highest BCUT2D eigenvalue weighted by Gasteiger charge is 2.28. The van der Waals surface area contributed by atoms with Crippen LogP contribution in [-0.2, 0) is 0 Å². The highest BCUT2D eigenvalue weighted by molar-refractivity contribution is 5.98. The number of rotatable bonds is 8. The normalized spacial score (nSPS) is 11.1. The number of alkyl halides is 3. The van der Waals surface area contributed by atoms with Crippen LogP contribution in [0.3, 0.4) is 0 Å². The number of para-hydroxylation sites is 1. The van der Waals surface area contributed by atoms with Gasteiger partial charge in [-0.05, 0) is 18.2 Å². The predicted octanol–water partition coefficient (Wildman–Crippen LogP) is 1.95. The van der Waals surface area contributed by atoms with Crippen molar-refractivity contribution in [1.82, 2.24) is 25.4 Å². The van der Waals surface area contributed by atoms with E-state index in [0.717, 1.165) is 18.0 Å². The van der Waals surface area contributed by atoms with E-state index in [0.29, 0.717) is 0 Å². The van der Waals surface area contributed by atoms with Crippen molar-refractivity contribution < 1.29 is 27.5 Å². The van der Waals surface area contributed by atoms with E-state index in [2.05, 4.69) is 25.5 Å². The number of hydrogen-bond donors (Lipinski definition) is 3. The Balaban J connectivity index is 1.45. The van der Waals surface area contributed by atoms with Crippen molar-refractivity contribution in [2.24, 2.45) is 0 Å². The minimum Gasteiger partial charge on any atom is -0.468 e. The lowest BCUT2D eigenvalue weighted by Gasteiger charge is -2.09. The molecule has 0 aliphatic heterocycles. The van der Waals surface area contributed by atoms with E-state index in [1.807, 2.05) is 30.3 Å². The predicted molar refractivity (Wildman–Crippen MR) is 108 cm³/mol. The zero-order valence-corrected chi connectivity index (χ0v) is 16.6. The molecular formula is C20H19F3N6O3. The highest BCUT2D eigenvalue weighted by Crippen LogP contribution is 2.17. The van der Waals surface area contributed by atoms with E-state index in [1.165, 1.54) is 16.9 Å². The van der Waals surface area contributed by atoms with Gasteiger partial charge in [0.15, 0.2) is 12.4 Å². The molecule has 0 spiro atoms. The van der Waals surface area contributed by atoms with Gasteiger partial charge < -0.3 is 21.1 Å². The van der Waals surface area contributed by atoms with Gasteiger partial charge in [0.1, 0.15) is 5.56 Å². The summed E-state index contributed by atoms with van der Waals surface area (Å²) in [5.74, 6) is -1.15. The maximum atomic E-state index is 12.3. The average Bonchev–Trinajstić information content (AvgIpc) is 3.17. The van der Waals surface area contributed by atoms with Crippen LogP contribution in [0.2, 0.25) is 0 Å². The molecule has 3 aromatic rings. The number of nitrogens with one attached hydrogen (secondary N) is 2. The Bertz CT molecular complexity index is 1070. The van der Waals surface area contributed by atoms with Gasteiger partial charge in [0.25, 0.3) is 11.8 Å². The van der Waals surface area contributed by atoms with Gasteiger partial charge in [0.05, 0.1) is 11.3 Å². The number of aromatic nitrogens is 3. The summed E-state index contributed by atoms with van der Waals surface area (Å²) in [5.41, 5.74) is 6.89. The zero-order chi connectivity index (χ0) is 23.1. The largest absolute Gasteiger partial charge is 0.468 e. The summed E-state index contributed by atoms with van der Waals surface area (Å²) in [5, 5.41) is 9.30. The summed E-state index contributed by atoms with van der Waals surface area (Å²) in [6.07, 6.45) is -1.88. The molecule has 32 heavy (non-hydrogen) atoms. The van der Waals surface area contributed by atoms with Crippen LogP contribution in [0.4, 0.5) is 19.0 Å². The Hall–Kier alpha value is -4.09. The summed E-state index contributed by atoms with van der Waals surface area (Å²) >= 11 is 0. The smallest absolute Gasteiger partial charge is 0.422 e. The number of halogens is 3. The Labute approximate surface area is 180 Å². The minimum absolute atomic E-state index is 0.0642. The number of nitrogens with zero attached hydrogens (tertiary/aromatic N) is 3. The SMILES string of the molecule is Nc1nn(-c2ccccc2)cc1C(=O)NCCNC(=O)c1ccc(OCC(F)(F)F)nc1. The Kier molecular flexibility index (Phi) is 6.93. The first-order valence-electron chi connectivity index (χ1n) is 9.35. The summed E-state index contributed by atoms with van der Waals surface area (Å²) in [6, 6.07) is 11.6. The maximum Gasteiger partial charge on any atom is 0.422 e. The van der Waals surface area contributed by atoms with Crippen LogP contribution in [0.15, 0.2) is 54.9 Å². The second kappa shape index (κ2) is 9.81. The van der Waals surface area contributed by atoms with E-state index in [4.69, 9.17) is 5.73 Å². The molecule has 0 atom stereocenters. The quantitative estimate of drug-likeness (QED) is 0.453. The molecule has 0 saturated heterocycles. The molecule has 12 heteroatoms. The van der Waals surface area contributed by atoms with Crippen molar-refractivity contribution in [2.75, 3.05) is 25.4 Å². The molecule has 168 valence electrons. The van der Waals surface area contributed by atoms with Crippen molar-refractivity contribution in [3.8, 4) is 11.6 Å². The van der Waals surface area contributed by atoms with Crippen LogP contribution in [0.5, 0.6) is 5.88 Å². The minimum atomic E-state index is -4.48. The van der Waals surface area contributed by atoms with E-state index in [1.54, 1.807) is 0 Å². The fourth-order valence-electron chi connectivity index (χ4n) is 2.58. The molecule has 0 bridgehead atoms. The first-order chi connectivity index (χ1) is 15.2. The lowest BCUT2D eigenvalue weighted by molar-refractivity contribution is -0.154. The average molecular weight is 448 g/mol. The molecule has 3 rings (SSSR count). The Morgan fingerprint density at radius 3 is 2.34 bits per heavy atom. The molecule has 0 aliphatic rings. The molecular weight excluding hydrogens is 429 g/mol. The molecule has 2 heterocycles. The fourth-order valence-corrected chi connectivity index (χ4v) is 2.58. The third-order valence-electron chi connectivity index (χ3n) is 4.09. The van der Waals surface area contributed by atoms with Gasteiger partial charge in [-0.15, -0.1) is 5.10 Å². The molecule has 2 aromatic heterocycles. The molecule has 2 amide bonds. The molecule has 0 fully saturated rings. The Morgan fingerprint density at radius 2 is 1.72 bits per heavy atom. The van der Waals surface area contributed by atoms with Gasteiger partial charge in [0.2, 0.25) is 5.88 Å². The topological polar surface area (TPSA) is 124 Å². The van der Waals surface area contributed by atoms with E-state index in [-0.39, 0.29) is 35.9 Å². The molecule has 0 unspecified atom stereocenters. The van der Waals surface area contributed by atoms with Crippen molar-refractivity contribution in [1.29, 1.82) is 0 Å². The fraction of sp³-hybridized carbons (Fsp3) is 0.200. The lowest BCUT2D eigenvalue weighted by Crippen LogP contribution is -2.34. The number of amides is 2. The summed E-state index contributed by atoms with van der Waals surface area (Å²) in [4.78, 5) is 28.1. The maximum absolute atomic E-state index is 12.3. The standard InChI is InChI=1S/C20H19F3N6O3/c21-20(22,23)12-32-16-7-6-13(10-27-16)18(30)25-8-9-26-19(31)15-11-29(28-17(15)24)14-4-2-1-3-5-14/h1-7,10-11H,8-9,12H2,(H2,24,28)(H,25,30)(H,26,31). The number of hydrogen-bond acceptors (Lipinski definition) is 6. The second-order valence-electron chi connectivity index (χ2n) is 6.51. The van der Waals surface area contributed by atoms with Gasteiger partial charge in [-0.3, -0.25) is 9.59 Å². The molecule has 4 N–H and O–H groups in total. The van der Waals surface area contributed by atoms with Crippen LogP contribution in [0.25, 0.3) is 5.69 Å². The molecule has 9 nitrogen and oxygen atoms in total.